The van der Waals surface area contributed by atoms with Crippen LogP contribution in [0.5, 0.6) is 0 Å². The van der Waals surface area contributed by atoms with Crippen molar-refractivity contribution >= 4 is 45.3 Å². The Morgan fingerprint density at radius 2 is 1.91 bits per heavy atom. The van der Waals surface area contributed by atoms with Crippen LogP contribution in [0.2, 0.25) is 0 Å². The van der Waals surface area contributed by atoms with Crippen LogP contribution in [0.3, 0.4) is 0 Å². The summed E-state index contributed by atoms with van der Waals surface area (Å²) in [5.41, 5.74) is 1.91. The van der Waals surface area contributed by atoms with Gasteiger partial charge in [-0.05, 0) is 37.8 Å². The molecular formula is C23H26N4O3S2. The summed E-state index contributed by atoms with van der Waals surface area (Å²) in [6, 6.07) is 9.05. The normalized spacial score (nSPS) is 14.1. The van der Waals surface area contributed by atoms with E-state index in [9.17, 15) is 14.4 Å². The number of benzene rings is 1. The second kappa shape index (κ2) is 9.87. The Morgan fingerprint density at radius 3 is 2.62 bits per heavy atom. The van der Waals surface area contributed by atoms with Gasteiger partial charge in [0.15, 0.2) is 5.16 Å². The van der Waals surface area contributed by atoms with Crippen molar-refractivity contribution in [2.45, 2.75) is 57.3 Å². The lowest BCUT2D eigenvalue weighted by molar-refractivity contribution is -0.117. The Balaban J connectivity index is 1.46. The van der Waals surface area contributed by atoms with E-state index < -0.39 is 11.9 Å². The number of rotatable bonds is 6. The molecule has 1 fully saturated rings. The number of carbonyl (C=O) groups excluding carboxylic acids is 2. The first-order valence-electron chi connectivity index (χ1n) is 10.7. The van der Waals surface area contributed by atoms with Gasteiger partial charge in [0, 0.05) is 17.5 Å². The minimum Gasteiger partial charge on any atom is -0.334 e. The number of aromatic nitrogens is 2. The molecule has 9 heteroatoms. The molecule has 3 aromatic rings. The summed E-state index contributed by atoms with van der Waals surface area (Å²) in [5.74, 6) is -0.418. The number of hydrogen-bond donors (Lipinski definition) is 2. The average Bonchev–Trinajstić information content (AvgIpc) is 3.40. The third-order valence-corrected chi connectivity index (χ3v) is 7.83. The van der Waals surface area contributed by atoms with Crippen molar-refractivity contribution in [3.63, 3.8) is 0 Å². The molecule has 0 unspecified atom stereocenters. The number of hydrogen-bond acceptors (Lipinski definition) is 6. The Kier molecular flexibility index (Phi) is 6.95. The minimum absolute atomic E-state index is 0.00671. The molecule has 0 aliphatic heterocycles. The third-order valence-electron chi connectivity index (χ3n) is 5.77. The molecule has 1 aliphatic carbocycles. The van der Waals surface area contributed by atoms with Gasteiger partial charge in [-0.3, -0.25) is 19.5 Å². The van der Waals surface area contributed by atoms with Crippen LogP contribution in [0.1, 0.15) is 47.7 Å². The highest BCUT2D eigenvalue weighted by molar-refractivity contribution is 7.99. The predicted octanol–water partition coefficient (Wildman–Crippen LogP) is 4.31. The molecule has 7 nitrogen and oxygen atoms in total. The van der Waals surface area contributed by atoms with E-state index in [0.717, 1.165) is 41.7 Å². The van der Waals surface area contributed by atoms with E-state index in [1.54, 1.807) is 4.57 Å². The van der Waals surface area contributed by atoms with Crippen LogP contribution in [-0.2, 0) is 11.3 Å². The standard InChI is InChI=1S/C23H26N4O3S2/c1-14-15(2)32-20-19(14)21(29)27(17-10-6-7-11-17)23(26-20)31-13-18(28)25-22(30)24-12-16-8-4-3-5-9-16/h3-5,8-9,17H,6-7,10-13H2,1-2H3,(H2,24,25,28,30). The Bertz CT molecular complexity index is 1200. The zero-order valence-corrected chi connectivity index (χ0v) is 19.8. The number of thiophene rings is 1. The van der Waals surface area contributed by atoms with Crippen molar-refractivity contribution in [3.8, 4) is 0 Å². The molecule has 0 radical (unpaired) electrons. The van der Waals surface area contributed by atoms with E-state index in [0.29, 0.717) is 21.9 Å². The molecule has 2 N–H and O–H groups in total. The Labute approximate surface area is 194 Å². The molecule has 0 saturated heterocycles. The van der Waals surface area contributed by atoms with E-state index in [1.807, 2.05) is 44.2 Å². The van der Waals surface area contributed by atoms with Gasteiger partial charge in [0.2, 0.25) is 5.91 Å². The SMILES string of the molecule is Cc1sc2nc(SCC(=O)NC(=O)NCc3ccccc3)n(C3CCCC3)c(=O)c2c1C. The molecule has 1 saturated carbocycles. The molecule has 2 heterocycles. The van der Waals surface area contributed by atoms with E-state index in [1.165, 1.54) is 23.1 Å². The topological polar surface area (TPSA) is 93.1 Å². The van der Waals surface area contributed by atoms with Crippen LogP contribution in [0.4, 0.5) is 4.79 Å². The molecule has 0 atom stereocenters. The Morgan fingerprint density at radius 1 is 1.19 bits per heavy atom. The van der Waals surface area contributed by atoms with Crippen LogP contribution < -0.4 is 16.2 Å². The van der Waals surface area contributed by atoms with Gasteiger partial charge in [-0.2, -0.15) is 0 Å². The quantitative estimate of drug-likeness (QED) is 0.414. The van der Waals surface area contributed by atoms with Crippen molar-refractivity contribution in [3.05, 3.63) is 56.7 Å². The lowest BCUT2D eigenvalue weighted by Crippen LogP contribution is -2.40. The second-order valence-corrected chi connectivity index (χ2v) is 10.1. The number of aryl methyl sites for hydroxylation is 2. The fraction of sp³-hybridized carbons (Fsp3) is 0.391. The van der Waals surface area contributed by atoms with Crippen molar-refractivity contribution in [1.29, 1.82) is 0 Å². The van der Waals surface area contributed by atoms with Gasteiger partial charge < -0.3 is 5.32 Å². The molecule has 168 valence electrons. The second-order valence-electron chi connectivity index (χ2n) is 7.98. The number of amides is 3. The van der Waals surface area contributed by atoms with Crippen LogP contribution in [-0.4, -0.2) is 27.2 Å². The fourth-order valence-corrected chi connectivity index (χ4v) is 5.93. The first-order valence-corrected chi connectivity index (χ1v) is 12.5. The number of nitrogens with zero attached hydrogens (tertiary/aromatic N) is 2. The monoisotopic (exact) mass is 470 g/mol. The number of thioether (sulfide) groups is 1. The summed E-state index contributed by atoms with van der Waals surface area (Å²) in [6.07, 6.45) is 4.06. The zero-order chi connectivity index (χ0) is 22.7. The Hall–Kier alpha value is -2.65. The highest BCUT2D eigenvalue weighted by Gasteiger charge is 2.25. The summed E-state index contributed by atoms with van der Waals surface area (Å²) in [6.45, 7) is 4.30. The van der Waals surface area contributed by atoms with Gasteiger partial charge in [0.1, 0.15) is 4.83 Å². The molecule has 4 rings (SSSR count). The van der Waals surface area contributed by atoms with E-state index in [4.69, 9.17) is 4.98 Å². The molecule has 0 bridgehead atoms. The molecular weight excluding hydrogens is 444 g/mol. The predicted molar refractivity (Wildman–Crippen MR) is 128 cm³/mol. The van der Waals surface area contributed by atoms with Gasteiger partial charge in [-0.25, -0.2) is 9.78 Å². The van der Waals surface area contributed by atoms with E-state index in [2.05, 4.69) is 10.6 Å². The van der Waals surface area contributed by atoms with Gasteiger partial charge >= 0.3 is 6.03 Å². The first-order chi connectivity index (χ1) is 15.4. The summed E-state index contributed by atoms with van der Waals surface area (Å²) >= 11 is 2.71. The summed E-state index contributed by atoms with van der Waals surface area (Å²) in [7, 11) is 0. The van der Waals surface area contributed by atoms with Gasteiger partial charge in [-0.15, -0.1) is 11.3 Å². The molecule has 1 aliphatic rings. The maximum absolute atomic E-state index is 13.4. The molecule has 1 aromatic carbocycles. The lowest BCUT2D eigenvalue weighted by Gasteiger charge is -2.18. The fourth-order valence-electron chi connectivity index (χ4n) is 3.99. The number of nitrogens with one attached hydrogen (secondary N) is 2. The van der Waals surface area contributed by atoms with Crippen LogP contribution in [0, 0.1) is 13.8 Å². The van der Waals surface area contributed by atoms with E-state index in [-0.39, 0.29) is 17.4 Å². The molecule has 3 amide bonds. The van der Waals surface area contributed by atoms with Gasteiger partial charge in [0.05, 0.1) is 11.1 Å². The summed E-state index contributed by atoms with van der Waals surface area (Å²) < 4.78 is 1.78. The molecule has 32 heavy (non-hydrogen) atoms. The minimum atomic E-state index is -0.541. The summed E-state index contributed by atoms with van der Waals surface area (Å²) in [4.78, 5) is 44.3. The highest BCUT2D eigenvalue weighted by atomic mass is 32.2. The lowest BCUT2D eigenvalue weighted by atomic mass is 10.2. The van der Waals surface area contributed by atoms with Crippen molar-refractivity contribution < 1.29 is 9.59 Å². The van der Waals surface area contributed by atoms with Crippen molar-refractivity contribution in [2.75, 3.05) is 5.75 Å². The highest BCUT2D eigenvalue weighted by Crippen LogP contribution is 2.34. The zero-order valence-electron chi connectivity index (χ0n) is 18.1. The summed E-state index contributed by atoms with van der Waals surface area (Å²) in [5, 5.41) is 6.27. The molecule has 2 aromatic heterocycles. The maximum Gasteiger partial charge on any atom is 0.321 e. The van der Waals surface area contributed by atoms with E-state index >= 15 is 0 Å². The number of carbonyl (C=O) groups is 2. The van der Waals surface area contributed by atoms with Crippen molar-refractivity contribution in [2.24, 2.45) is 0 Å². The molecule has 0 spiro atoms. The van der Waals surface area contributed by atoms with Gasteiger partial charge in [0.25, 0.3) is 5.56 Å². The number of imide groups is 1. The largest absolute Gasteiger partial charge is 0.334 e. The van der Waals surface area contributed by atoms with Crippen molar-refractivity contribution in [1.82, 2.24) is 20.2 Å². The number of urea groups is 1. The van der Waals surface area contributed by atoms with Crippen LogP contribution in [0.15, 0.2) is 40.3 Å². The van der Waals surface area contributed by atoms with Crippen LogP contribution in [0.25, 0.3) is 10.2 Å². The first kappa shape index (κ1) is 22.5. The maximum atomic E-state index is 13.4. The van der Waals surface area contributed by atoms with Crippen LogP contribution >= 0.6 is 23.1 Å². The average molecular weight is 471 g/mol. The van der Waals surface area contributed by atoms with Gasteiger partial charge in [-0.1, -0.05) is 54.9 Å². The number of fused-ring (bicyclic) bond motifs is 1. The smallest absolute Gasteiger partial charge is 0.321 e. The third kappa shape index (κ3) is 4.88.